The van der Waals surface area contributed by atoms with Crippen molar-refractivity contribution in [1.82, 2.24) is 13.7 Å². The van der Waals surface area contributed by atoms with Crippen LogP contribution in [0.2, 0.25) is 0 Å². The van der Waals surface area contributed by atoms with Crippen molar-refractivity contribution >= 4 is 21.6 Å². The molecule has 0 saturated heterocycles. The van der Waals surface area contributed by atoms with E-state index in [1.54, 1.807) is 63.7 Å². The molecule has 1 amide bonds. The third-order valence-corrected chi connectivity index (χ3v) is 7.76. The topological polar surface area (TPSA) is 93.4 Å². The van der Waals surface area contributed by atoms with Crippen LogP contribution in [-0.2, 0) is 17.1 Å². The van der Waals surface area contributed by atoms with E-state index in [0.29, 0.717) is 30.0 Å². The summed E-state index contributed by atoms with van der Waals surface area (Å²) in [4.78, 5) is 26.1. The van der Waals surface area contributed by atoms with Crippen LogP contribution < -0.4 is 10.9 Å². The highest BCUT2D eigenvalue weighted by molar-refractivity contribution is 7.89. The number of nitrogens with zero attached hydrogens (tertiary/aromatic N) is 3. The number of aromatic nitrogens is 2. The van der Waals surface area contributed by atoms with Crippen molar-refractivity contribution in [3.63, 3.8) is 0 Å². The molecule has 1 heterocycles. The molecule has 9 heteroatoms. The number of carbonyl (C=O) groups excluding carboxylic acids is 1. The van der Waals surface area contributed by atoms with E-state index >= 15 is 0 Å². The molecule has 0 saturated carbocycles. The van der Waals surface area contributed by atoms with Gasteiger partial charge in [-0.25, -0.2) is 13.1 Å². The Labute approximate surface area is 188 Å². The van der Waals surface area contributed by atoms with E-state index in [2.05, 4.69) is 5.32 Å². The van der Waals surface area contributed by atoms with Crippen LogP contribution >= 0.6 is 0 Å². The number of carbonyl (C=O) groups is 1. The number of nitrogens with one attached hydrogen (secondary N) is 1. The number of sulfonamides is 1. The lowest BCUT2D eigenvalue weighted by Gasteiger charge is -2.20. The summed E-state index contributed by atoms with van der Waals surface area (Å²) in [6, 6.07) is 13.6. The van der Waals surface area contributed by atoms with Gasteiger partial charge in [0.2, 0.25) is 10.0 Å². The van der Waals surface area contributed by atoms with E-state index in [1.165, 1.54) is 15.1 Å². The van der Waals surface area contributed by atoms with Crippen LogP contribution in [0.1, 0.15) is 35.5 Å². The van der Waals surface area contributed by atoms with Gasteiger partial charge in [0.1, 0.15) is 5.69 Å². The average molecular weight is 457 g/mol. The van der Waals surface area contributed by atoms with Gasteiger partial charge in [0.15, 0.2) is 0 Å². The van der Waals surface area contributed by atoms with E-state index in [1.807, 2.05) is 18.2 Å². The van der Waals surface area contributed by atoms with E-state index in [-0.39, 0.29) is 21.7 Å². The van der Waals surface area contributed by atoms with Gasteiger partial charge in [-0.2, -0.15) is 4.31 Å². The highest BCUT2D eigenvalue weighted by Gasteiger charge is 2.25. The minimum atomic E-state index is -3.73. The molecular weight excluding hydrogens is 428 g/mol. The molecule has 0 fully saturated rings. The number of amides is 1. The molecule has 1 aromatic heterocycles. The molecule has 3 rings (SSSR count). The summed E-state index contributed by atoms with van der Waals surface area (Å²) >= 11 is 0. The smallest absolute Gasteiger partial charge is 0.295 e. The molecule has 2 aromatic carbocycles. The molecule has 0 bridgehead atoms. The Morgan fingerprint density at radius 1 is 1.03 bits per heavy atom. The van der Waals surface area contributed by atoms with Crippen LogP contribution in [0.5, 0.6) is 0 Å². The molecule has 1 N–H and O–H groups in total. The van der Waals surface area contributed by atoms with Gasteiger partial charge in [-0.1, -0.05) is 38.1 Å². The monoisotopic (exact) mass is 456 g/mol. The molecule has 0 atom stereocenters. The van der Waals surface area contributed by atoms with Crippen LogP contribution in [0.25, 0.3) is 5.69 Å². The lowest BCUT2D eigenvalue weighted by Crippen LogP contribution is -2.31. The fourth-order valence-electron chi connectivity index (χ4n) is 3.62. The second kappa shape index (κ2) is 9.13. The fraction of sp³-hybridized carbons (Fsp3) is 0.304. The molecule has 0 aliphatic rings. The SMILES string of the molecule is CCN(CC)S(=O)(=O)c1cc(C(=O)Nc2c(C)n(C)n(-c3ccccc3)c2=O)ccc1C. The normalized spacial score (nSPS) is 11.7. The van der Waals surface area contributed by atoms with Crippen molar-refractivity contribution in [3.05, 3.63) is 75.7 Å². The number of benzene rings is 2. The number of hydrogen-bond acceptors (Lipinski definition) is 4. The summed E-state index contributed by atoms with van der Waals surface area (Å²) in [6.45, 7) is 7.62. The average Bonchev–Trinajstić information content (AvgIpc) is 2.98. The van der Waals surface area contributed by atoms with Crippen LogP contribution in [0, 0.1) is 13.8 Å². The Bertz CT molecular complexity index is 1300. The van der Waals surface area contributed by atoms with E-state index in [4.69, 9.17) is 0 Å². The van der Waals surface area contributed by atoms with Gasteiger partial charge >= 0.3 is 0 Å². The summed E-state index contributed by atoms with van der Waals surface area (Å²) < 4.78 is 30.5. The molecule has 0 radical (unpaired) electrons. The molecule has 0 unspecified atom stereocenters. The van der Waals surface area contributed by atoms with Gasteiger partial charge in [-0.05, 0) is 43.7 Å². The van der Waals surface area contributed by atoms with Crippen molar-refractivity contribution in [1.29, 1.82) is 0 Å². The van der Waals surface area contributed by atoms with Crippen molar-refractivity contribution in [2.24, 2.45) is 7.05 Å². The predicted molar refractivity (Wildman–Crippen MR) is 125 cm³/mol. The maximum atomic E-state index is 13.1. The van der Waals surface area contributed by atoms with Crippen molar-refractivity contribution < 1.29 is 13.2 Å². The Balaban J connectivity index is 2.00. The largest absolute Gasteiger partial charge is 0.316 e. The quantitative estimate of drug-likeness (QED) is 0.591. The minimum Gasteiger partial charge on any atom is -0.316 e. The number of rotatable bonds is 7. The summed E-state index contributed by atoms with van der Waals surface area (Å²) in [7, 11) is -2.00. The maximum Gasteiger partial charge on any atom is 0.295 e. The van der Waals surface area contributed by atoms with Gasteiger partial charge in [0.05, 0.1) is 16.3 Å². The summed E-state index contributed by atoms with van der Waals surface area (Å²) in [5.41, 5.74) is 1.75. The van der Waals surface area contributed by atoms with Gasteiger partial charge in [-0.15, -0.1) is 0 Å². The number of aryl methyl sites for hydroxylation is 1. The Kier molecular flexibility index (Phi) is 6.71. The van der Waals surface area contributed by atoms with Gasteiger partial charge in [0, 0.05) is 25.7 Å². The first-order chi connectivity index (χ1) is 15.1. The zero-order valence-electron chi connectivity index (χ0n) is 18.9. The molecule has 0 aliphatic carbocycles. The van der Waals surface area contributed by atoms with Crippen LogP contribution in [-0.4, -0.2) is 41.1 Å². The van der Waals surface area contributed by atoms with Gasteiger partial charge in [-0.3, -0.25) is 14.3 Å². The highest BCUT2D eigenvalue weighted by atomic mass is 32.2. The first-order valence-electron chi connectivity index (χ1n) is 10.4. The van der Waals surface area contributed by atoms with Gasteiger partial charge in [0.25, 0.3) is 11.5 Å². The molecule has 0 aliphatic heterocycles. The Morgan fingerprint density at radius 3 is 2.25 bits per heavy atom. The van der Waals surface area contributed by atoms with Crippen LogP contribution in [0.15, 0.2) is 58.2 Å². The molecular formula is C23H28N4O4S. The fourth-order valence-corrected chi connectivity index (χ4v) is 5.33. The second-order valence-electron chi connectivity index (χ2n) is 7.46. The maximum absolute atomic E-state index is 13.1. The third kappa shape index (κ3) is 4.13. The molecule has 170 valence electrons. The van der Waals surface area contributed by atoms with E-state index in [0.717, 1.165) is 0 Å². The van der Waals surface area contributed by atoms with Crippen molar-refractivity contribution in [2.75, 3.05) is 18.4 Å². The highest BCUT2D eigenvalue weighted by Crippen LogP contribution is 2.22. The molecule has 3 aromatic rings. The lowest BCUT2D eigenvalue weighted by atomic mass is 10.1. The van der Waals surface area contributed by atoms with Crippen LogP contribution in [0.4, 0.5) is 5.69 Å². The van der Waals surface area contributed by atoms with Crippen molar-refractivity contribution in [3.8, 4) is 5.69 Å². The van der Waals surface area contributed by atoms with Crippen LogP contribution in [0.3, 0.4) is 0 Å². The first kappa shape index (κ1) is 23.5. The Hall–Kier alpha value is -3.17. The molecule has 32 heavy (non-hydrogen) atoms. The van der Waals surface area contributed by atoms with E-state index < -0.39 is 15.9 Å². The standard InChI is InChI=1S/C23H28N4O4S/c1-6-26(7-2)32(30,31)20-15-18(14-13-16(20)3)22(28)24-21-17(4)25(5)27(23(21)29)19-11-9-8-10-12-19/h8-15H,6-7H2,1-5H3,(H,24,28). The van der Waals surface area contributed by atoms with E-state index in [9.17, 15) is 18.0 Å². The summed E-state index contributed by atoms with van der Waals surface area (Å²) in [5, 5.41) is 2.68. The predicted octanol–water partition coefficient (Wildman–Crippen LogP) is 3.08. The van der Waals surface area contributed by atoms with Crippen molar-refractivity contribution in [2.45, 2.75) is 32.6 Å². The summed E-state index contributed by atoms with van der Waals surface area (Å²) in [6.07, 6.45) is 0. The summed E-state index contributed by atoms with van der Waals surface area (Å²) in [5.74, 6) is -0.549. The number of hydrogen-bond donors (Lipinski definition) is 1. The third-order valence-electron chi connectivity index (χ3n) is 5.57. The number of para-hydroxylation sites is 1. The molecule has 0 spiro atoms. The Morgan fingerprint density at radius 2 is 1.66 bits per heavy atom. The minimum absolute atomic E-state index is 0.0836. The second-order valence-corrected chi connectivity index (χ2v) is 9.37. The number of anilines is 1. The molecule has 8 nitrogen and oxygen atoms in total. The first-order valence-corrected chi connectivity index (χ1v) is 11.8. The van der Waals surface area contributed by atoms with Gasteiger partial charge < -0.3 is 5.32 Å². The lowest BCUT2D eigenvalue weighted by molar-refractivity contribution is 0.102. The zero-order valence-corrected chi connectivity index (χ0v) is 19.7. The zero-order chi connectivity index (χ0) is 23.6.